The van der Waals surface area contributed by atoms with Crippen LogP contribution in [0.1, 0.15) is 17.7 Å². The number of carboxylic acid groups (broad SMARTS) is 1. The molecule has 6 nitrogen and oxygen atoms in total. The topological polar surface area (TPSA) is 85.4 Å². The predicted octanol–water partition coefficient (Wildman–Crippen LogP) is -2.77. The van der Waals surface area contributed by atoms with E-state index in [0.29, 0.717) is 24.6 Å². The van der Waals surface area contributed by atoms with Crippen LogP contribution >= 0.6 is 11.3 Å². The Hall–Kier alpha value is -1.13. The zero-order valence-electron chi connectivity index (χ0n) is 12.0. The third kappa shape index (κ3) is 5.29. The fourth-order valence-electron chi connectivity index (χ4n) is 2.21. The van der Waals surface area contributed by atoms with Gasteiger partial charge < -0.3 is 9.90 Å². The van der Waals surface area contributed by atoms with Crippen molar-refractivity contribution in [1.82, 2.24) is 9.88 Å². The second kappa shape index (κ2) is 8.34. The van der Waals surface area contributed by atoms with E-state index in [9.17, 15) is 14.7 Å². The van der Waals surface area contributed by atoms with E-state index in [2.05, 4.69) is 21.8 Å². The van der Waals surface area contributed by atoms with Gasteiger partial charge in [-0.3, -0.25) is 15.0 Å². The third-order valence-electron chi connectivity index (χ3n) is 3.19. The van der Waals surface area contributed by atoms with Gasteiger partial charge in [-0.1, -0.05) is 6.58 Å². The molecule has 2 rings (SSSR count). The van der Waals surface area contributed by atoms with E-state index in [1.54, 1.807) is 6.20 Å². The van der Waals surface area contributed by atoms with E-state index in [0.717, 1.165) is 17.8 Å². The van der Waals surface area contributed by atoms with Gasteiger partial charge in [0.1, 0.15) is 0 Å². The summed E-state index contributed by atoms with van der Waals surface area (Å²) in [6, 6.07) is 0. The van der Waals surface area contributed by atoms with Crippen LogP contribution in [0.15, 0.2) is 18.9 Å². The van der Waals surface area contributed by atoms with Crippen LogP contribution in [0.5, 0.6) is 0 Å². The van der Waals surface area contributed by atoms with Crippen LogP contribution in [0.25, 0.3) is 0 Å². The van der Waals surface area contributed by atoms with Crippen molar-refractivity contribution < 1.29 is 33.6 Å². The second-order valence-electron chi connectivity index (χ2n) is 4.72. The number of thiazole rings is 1. The smallest absolute Gasteiger partial charge is 0.550 e. The van der Waals surface area contributed by atoms with Crippen molar-refractivity contribution in [2.45, 2.75) is 19.4 Å². The van der Waals surface area contributed by atoms with Gasteiger partial charge in [-0.15, -0.1) is 11.3 Å². The van der Waals surface area contributed by atoms with Gasteiger partial charge in [0.15, 0.2) is 5.13 Å². The SMILES string of the molecule is C=CC(=O)Nc1ncc(CN2CCCC(C(=O)[O-])C2)s1.[Li+]. The Labute approximate surface area is 139 Å². The van der Waals surface area contributed by atoms with Gasteiger partial charge in [-0.2, -0.15) is 0 Å². The number of aliphatic carboxylic acids is 1. The van der Waals surface area contributed by atoms with Crippen LogP contribution < -0.4 is 29.3 Å². The summed E-state index contributed by atoms with van der Waals surface area (Å²) >= 11 is 1.38. The molecular formula is C13H16LiN3O3S. The van der Waals surface area contributed by atoms with Gasteiger partial charge in [-0.25, -0.2) is 4.98 Å². The first-order chi connectivity index (χ1) is 9.58. The number of piperidine rings is 1. The fourth-order valence-corrected chi connectivity index (χ4v) is 3.06. The quantitative estimate of drug-likeness (QED) is 0.470. The number of hydrogen-bond donors (Lipinski definition) is 1. The molecular weight excluding hydrogens is 285 g/mol. The number of anilines is 1. The van der Waals surface area contributed by atoms with Crippen molar-refractivity contribution in [2.75, 3.05) is 18.4 Å². The van der Waals surface area contributed by atoms with E-state index in [-0.39, 0.29) is 24.8 Å². The number of rotatable bonds is 5. The number of carbonyl (C=O) groups excluding carboxylic acids is 2. The number of carbonyl (C=O) groups is 2. The van der Waals surface area contributed by atoms with Crippen LogP contribution in [0.3, 0.4) is 0 Å². The summed E-state index contributed by atoms with van der Waals surface area (Å²) in [5, 5.41) is 14.0. The normalized spacial score (nSPS) is 18.6. The molecule has 1 aromatic heterocycles. The van der Waals surface area contributed by atoms with Crippen LogP contribution in [0.4, 0.5) is 5.13 Å². The van der Waals surface area contributed by atoms with Crippen LogP contribution in [0.2, 0.25) is 0 Å². The molecule has 1 fully saturated rings. The number of nitrogens with one attached hydrogen (secondary N) is 1. The molecule has 0 bridgehead atoms. The molecule has 1 unspecified atom stereocenters. The first-order valence-electron chi connectivity index (χ1n) is 6.40. The maximum absolute atomic E-state index is 11.2. The molecule has 1 saturated heterocycles. The Morgan fingerprint density at radius 2 is 2.38 bits per heavy atom. The molecule has 1 aliphatic heterocycles. The largest absolute Gasteiger partial charge is 1.00 e. The van der Waals surface area contributed by atoms with Crippen molar-refractivity contribution in [3.63, 3.8) is 0 Å². The van der Waals surface area contributed by atoms with Crippen molar-refractivity contribution in [3.8, 4) is 0 Å². The van der Waals surface area contributed by atoms with E-state index >= 15 is 0 Å². The van der Waals surface area contributed by atoms with Gasteiger partial charge in [0.05, 0.1) is 0 Å². The number of hydrogen-bond acceptors (Lipinski definition) is 6. The predicted molar refractivity (Wildman–Crippen MR) is 73.9 cm³/mol. The number of carboxylic acids is 1. The Morgan fingerprint density at radius 1 is 1.62 bits per heavy atom. The molecule has 21 heavy (non-hydrogen) atoms. The molecule has 1 aliphatic rings. The van der Waals surface area contributed by atoms with Crippen molar-refractivity contribution in [3.05, 3.63) is 23.7 Å². The van der Waals surface area contributed by atoms with E-state index in [1.807, 2.05) is 0 Å². The molecule has 0 spiro atoms. The summed E-state index contributed by atoms with van der Waals surface area (Å²) in [5.74, 6) is -1.66. The van der Waals surface area contributed by atoms with Gasteiger partial charge in [0.2, 0.25) is 5.91 Å². The third-order valence-corrected chi connectivity index (χ3v) is 4.08. The monoisotopic (exact) mass is 301 g/mol. The zero-order chi connectivity index (χ0) is 14.5. The first-order valence-corrected chi connectivity index (χ1v) is 7.21. The molecule has 0 aliphatic carbocycles. The average Bonchev–Trinajstić information content (AvgIpc) is 2.86. The molecule has 8 heteroatoms. The molecule has 108 valence electrons. The molecule has 0 aromatic carbocycles. The minimum Gasteiger partial charge on any atom is -0.550 e. The summed E-state index contributed by atoms with van der Waals surface area (Å²) < 4.78 is 0. The number of amides is 1. The van der Waals surface area contributed by atoms with Crippen molar-refractivity contribution in [2.24, 2.45) is 5.92 Å². The number of aromatic nitrogens is 1. The van der Waals surface area contributed by atoms with E-state index < -0.39 is 11.9 Å². The molecule has 1 atom stereocenters. The second-order valence-corrected chi connectivity index (χ2v) is 5.83. The molecule has 1 aromatic rings. The maximum Gasteiger partial charge on any atom is 1.00 e. The summed E-state index contributed by atoms with van der Waals surface area (Å²) in [4.78, 5) is 29.2. The molecule has 1 amide bonds. The average molecular weight is 301 g/mol. The zero-order valence-corrected chi connectivity index (χ0v) is 12.8. The first kappa shape index (κ1) is 17.9. The molecule has 2 heterocycles. The summed E-state index contributed by atoms with van der Waals surface area (Å²) in [5.41, 5.74) is 0. The number of nitrogens with zero attached hydrogens (tertiary/aromatic N) is 2. The molecule has 1 N–H and O–H groups in total. The van der Waals surface area contributed by atoms with Gasteiger partial charge >= 0.3 is 18.9 Å². The minimum atomic E-state index is -0.974. The summed E-state index contributed by atoms with van der Waals surface area (Å²) in [6.07, 6.45) is 4.43. The Balaban J connectivity index is 0.00000220. The van der Waals surface area contributed by atoms with E-state index in [4.69, 9.17) is 0 Å². The van der Waals surface area contributed by atoms with E-state index in [1.165, 1.54) is 17.4 Å². The Kier molecular flexibility index (Phi) is 7.12. The van der Waals surface area contributed by atoms with Gasteiger partial charge in [0.25, 0.3) is 0 Å². The standard InChI is InChI=1S/C13H17N3O3S.Li/c1-2-11(17)15-13-14-6-10(20-13)8-16-5-3-4-9(7-16)12(18)19;/h2,6,9H,1,3-5,7-8H2,(H,18,19)(H,14,15,17);/q;+1/p-1. The Bertz CT molecular complexity index is 521. The summed E-state index contributed by atoms with van der Waals surface area (Å²) in [6.45, 7) is 5.40. The Morgan fingerprint density at radius 3 is 3.05 bits per heavy atom. The van der Waals surface area contributed by atoms with Gasteiger partial charge in [0, 0.05) is 36.1 Å². The summed E-state index contributed by atoms with van der Waals surface area (Å²) in [7, 11) is 0. The van der Waals surface area contributed by atoms with Crippen LogP contribution in [-0.2, 0) is 16.1 Å². The fraction of sp³-hybridized carbons (Fsp3) is 0.462. The maximum atomic E-state index is 11.2. The number of likely N-dealkylation sites (tertiary alicyclic amines) is 1. The molecule has 0 radical (unpaired) electrons. The van der Waals surface area contributed by atoms with Crippen LogP contribution in [-0.4, -0.2) is 34.8 Å². The minimum absolute atomic E-state index is 0. The molecule has 0 saturated carbocycles. The van der Waals surface area contributed by atoms with Gasteiger partial charge in [-0.05, 0) is 25.5 Å². The van der Waals surface area contributed by atoms with Crippen molar-refractivity contribution >= 4 is 28.3 Å². The van der Waals surface area contributed by atoms with Crippen molar-refractivity contribution in [1.29, 1.82) is 0 Å². The van der Waals surface area contributed by atoms with Crippen LogP contribution in [0, 0.1) is 5.92 Å².